The van der Waals surface area contributed by atoms with E-state index in [0.717, 1.165) is 51.4 Å². The summed E-state index contributed by atoms with van der Waals surface area (Å²) in [5, 5.41) is 30.2. The summed E-state index contributed by atoms with van der Waals surface area (Å²) in [7, 11) is -9.58. The number of carbonyl (C=O) groups is 2. The third-order valence-corrected chi connectivity index (χ3v) is 14.5. The van der Waals surface area contributed by atoms with Crippen LogP contribution in [0.3, 0.4) is 0 Å². The van der Waals surface area contributed by atoms with Crippen LogP contribution in [0.5, 0.6) is 0 Å². The smallest absolute Gasteiger partial charge is 0.463 e. The lowest BCUT2D eigenvalue weighted by atomic mass is 10.0. The second kappa shape index (κ2) is 53.3. The van der Waals surface area contributed by atoms with Crippen LogP contribution in [0.1, 0.15) is 258 Å². The van der Waals surface area contributed by atoms with E-state index in [1.807, 2.05) is 0 Å². The van der Waals surface area contributed by atoms with Gasteiger partial charge in [-0.05, 0) is 70.6 Å². The summed E-state index contributed by atoms with van der Waals surface area (Å²) in [5.74, 6) is -0.990. The highest BCUT2D eigenvalue weighted by molar-refractivity contribution is 7.47. The minimum atomic E-state index is -4.79. The Morgan fingerprint density at radius 1 is 0.351 bits per heavy atom. The molecule has 5 unspecified atom stereocenters. The van der Waals surface area contributed by atoms with Crippen molar-refractivity contribution in [2.75, 3.05) is 39.6 Å². The van der Waals surface area contributed by atoms with Crippen molar-refractivity contribution in [2.24, 2.45) is 0 Å². The van der Waals surface area contributed by atoms with Crippen LogP contribution in [0.2, 0.25) is 0 Å². The number of hydrogen-bond acceptors (Lipinski definition) is 13. The number of rotatable bonds is 57. The van der Waals surface area contributed by atoms with E-state index in [1.165, 1.54) is 167 Å². The van der Waals surface area contributed by atoms with Crippen molar-refractivity contribution in [2.45, 2.75) is 276 Å². The van der Waals surface area contributed by atoms with E-state index in [4.69, 9.17) is 18.5 Å². The zero-order valence-electron chi connectivity index (χ0n) is 46.5. The average molecular weight is 1100 g/mol. The molecule has 436 valence electrons. The van der Waals surface area contributed by atoms with E-state index in [0.29, 0.717) is 12.8 Å². The normalized spacial score (nSPS) is 15.0. The standard InChI is InChI=1S/C57H108O15P2/c1-3-5-7-9-11-13-15-17-19-21-23-25-27-29-31-33-35-37-39-41-43-45-56(61)67-47-53(58)49-69-73(63,64)71-51-55(60)52-72-74(65,66)70-50-54(59)48-68-57(62)46-44-42-40-38-36-34-32-30-28-26-24-22-20-18-16-14-12-10-8-6-4-2/h11,13,17-20,53-55,58-60H,3-10,12,14-16,21-52H2,1-2H3,(H,63,64)(H,65,66)/b13-11-,19-17-,20-18+. The van der Waals surface area contributed by atoms with Gasteiger partial charge in [0.2, 0.25) is 0 Å². The molecule has 0 aliphatic carbocycles. The number of phosphoric acid groups is 2. The van der Waals surface area contributed by atoms with E-state index in [9.17, 15) is 43.8 Å². The fourth-order valence-electron chi connectivity index (χ4n) is 8.00. The lowest BCUT2D eigenvalue weighted by Gasteiger charge is -2.19. The lowest BCUT2D eigenvalue weighted by Crippen LogP contribution is -2.25. The molecule has 0 fully saturated rings. The van der Waals surface area contributed by atoms with Crippen LogP contribution >= 0.6 is 15.6 Å². The Hall–Kier alpha value is -1.74. The molecule has 0 saturated heterocycles. The Morgan fingerprint density at radius 3 is 0.892 bits per heavy atom. The summed E-state index contributed by atoms with van der Waals surface area (Å²) < 4.78 is 53.3. The van der Waals surface area contributed by atoms with Gasteiger partial charge in [-0.3, -0.25) is 27.7 Å². The molecule has 0 saturated carbocycles. The van der Waals surface area contributed by atoms with Crippen molar-refractivity contribution >= 4 is 27.6 Å². The van der Waals surface area contributed by atoms with Crippen LogP contribution in [0.15, 0.2) is 36.5 Å². The largest absolute Gasteiger partial charge is 0.472 e. The van der Waals surface area contributed by atoms with Gasteiger partial charge < -0.3 is 34.6 Å². The summed E-state index contributed by atoms with van der Waals surface area (Å²) in [6.07, 6.45) is 52.6. The third kappa shape index (κ3) is 55.0. The molecular weight excluding hydrogens is 987 g/mol. The number of hydrogen-bond donors (Lipinski definition) is 5. The fraction of sp³-hybridized carbons (Fsp3) is 0.860. The number of aliphatic hydroxyl groups excluding tert-OH is 3. The van der Waals surface area contributed by atoms with Crippen molar-refractivity contribution < 1.29 is 71.4 Å². The molecule has 0 spiro atoms. The first kappa shape index (κ1) is 72.3. The van der Waals surface area contributed by atoms with Gasteiger partial charge in [0.05, 0.1) is 26.4 Å². The Kier molecular flexibility index (Phi) is 52.0. The highest BCUT2D eigenvalue weighted by Crippen LogP contribution is 2.45. The van der Waals surface area contributed by atoms with Gasteiger partial charge in [0.25, 0.3) is 0 Å². The van der Waals surface area contributed by atoms with Crippen LogP contribution in [0, 0.1) is 0 Å². The zero-order valence-corrected chi connectivity index (χ0v) is 48.3. The maximum absolute atomic E-state index is 12.2. The first-order valence-corrected chi connectivity index (χ1v) is 32.3. The Balaban J connectivity index is 3.79. The van der Waals surface area contributed by atoms with Crippen molar-refractivity contribution in [3.8, 4) is 0 Å². The van der Waals surface area contributed by atoms with Crippen molar-refractivity contribution in [1.29, 1.82) is 0 Å². The summed E-state index contributed by atoms with van der Waals surface area (Å²) in [5.41, 5.74) is 0. The number of aliphatic hydroxyl groups is 3. The molecule has 0 amide bonds. The number of ether oxygens (including phenoxy) is 2. The fourth-order valence-corrected chi connectivity index (χ4v) is 9.60. The van der Waals surface area contributed by atoms with Gasteiger partial charge in [-0.15, -0.1) is 0 Å². The van der Waals surface area contributed by atoms with Crippen LogP contribution in [0.4, 0.5) is 0 Å². The van der Waals surface area contributed by atoms with Crippen LogP contribution in [0.25, 0.3) is 0 Å². The molecule has 0 rings (SSSR count). The number of carbonyl (C=O) groups excluding carboxylic acids is 2. The van der Waals surface area contributed by atoms with Crippen LogP contribution in [-0.2, 0) is 46.3 Å². The highest BCUT2D eigenvalue weighted by Gasteiger charge is 2.28. The summed E-state index contributed by atoms with van der Waals surface area (Å²) >= 11 is 0. The van der Waals surface area contributed by atoms with Gasteiger partial charge in [0.15, 0.2) is 0 Å². The molecule has 0 aromatic carbocycles. The van der Waals surface area contributed by atoms with Gasteiger partial charge in [-0.25, -0.2) is 9.13 Å². The molecule has 74 heavy (non-hydrogen) atoms. The number of allylic oxidation sites excluding steroid dienone is 6. The molecule has 17 heteroatoms. The third-order valence-electron chi connectivity index (χ3n) is 12.6. The molecule has 0 aliphatic rings. The van der Waals surface area contributed by atoms with Crippen LogP contribution in [-0.4, -0.2) is 95.0 Å². The van der Waals surface area contributed by atoms with Crippen molar-refractivity contribution in [3.63, 3.8) is 0 Å². The van der Waals surface area contributed by atoms with Crippen molar-refractivity contribution in [3.05, 3.63) is 36.5 Å². The van der Waals surface area contributed by atoms with Crippen molar-refractivity contribution in [1.82, 2.24) is 0 Å². The quantitative estimate of drug-likeness (QED) is 0.0165. The predicted octanol–water partition coefficient (Wildman–Crippen LogP) is 15.0. The summed E-state index contributed by atoms with van der Waals surface area (Å²) in [6, 6.07) is 0. The molecule has 0 radical (unpaired) electrons. The molecular formula is C57H108O15P2. The first-order chi connectivity index (χ1) is 35.8. The molecule has 0 aromatic heterocycles. The molecule has 5 N–H and O–H groups in total. The maximum Gasteiger partial charge on any atom is 0.472 e. The second-order valence-electron chi connectivity index (χ2n) is 20.0. The summed E-state index contributed by atoms with van der Waals surface area (Å²) in [6.45, 7) is 0.449. The highest BCUT2D eigenvalue weighted by atomic mass is 31.2. The Morgan fingerprint density at radius 2 is 0.581 bits per heavy atom. The zero-order chi connectivity index (χ0) is 54.5. The molecule has 0 aromatic rings. The summed E-state index contributed by atoms with van der Waals surface area (Å²) in [4.78, 5) is 44.0. The van der Waals surface area contributed by atoms with Gasteiger partial charge in [0, 0.05) is 12.8 Å². The number of esters is 2. The molecule has 5 atom stereocenters. The molecule has 0 aliphatic heterocycles. The topological polar surface area (TPSA) is 225 Å². The van der Waals surface area contributed by atoms with Gasteiger partial charge >= 0.3 is 27.6 Å². The monoisotopic (exact) mass is 1090 g/mol. The number of unbranched alkanes of at least 4 members (excludes halogenated alkanes) is 31. The van der Waals surface area contributed by atoms with E-state index >= 15 is 0 Å². The van der Waals surface area contributed by atoms with E-state index in [1.54, 1.807) is 0 Å². The number of phosphoric ester groups is 2. The first-order valence-electron chi connectivity index (χ1n) is 29.3. The minimum Gasteiger partial charge on any atom is -0.463 e. The average Bonchev–Trinajstić information content (AvgIpc) is 3.38. The van der Waals surface area contributed by atoms with Gasteiger partial charge in [-0.2, -0.15) is 0 Å². The minimum absolute atomic E-state index is 0.195. The van der Waals surface area contributed by atoms with Gasteiger partial charge in [0.1, 0.15) is 31.5 Å². The van der Waals surface area contributed by atoms with Crippen LogP contribution < -0.4 is 0 Å². The van der Waals surface area contributed by atoms with E-state index < -0.39 is 85.5 Å². The van der Waals surface area contributed by atoms with Gasteiger partial charge in [-0.1, -0.05) is 211 Å². The van der Waals surface area contributed by atoms with E-state index in [-0.39, 0.29) is 12.8 Å². The molecule has 0 bridgehead atoms. The maximum atomic E-state index is 12.2. The lowest BCUT2D eigenvalue weighted by molar-refractivity contribution is -0.148. The molecule has 0 heterocycles. The molecule has 15 nitrogen and oxygen atoms in total. The predicted molar refractivity (Wildman–Crippen MR) is 298 cm³/mol. The Bertz CT molecular complexity index is 1460. The second-order valence-corrected chi connectivity index (χ2v) is 22.9. The SMILES string of the molecule is CCCCC/C=C\C/C=C\CCCCCCCCCCCCCC(=O)OCC(O)COP(=O)(O)OCC(O)COP(=O)(O)OCC(O)COC(=O)CCCCCCCCCCCCC/C=C/CCCCCCCC. The Labute approximate surface area is 449 Å². The van der Waals surface area contributed by atoms with E-state index in [2.05, 4.69) is 59.4 Å².